The van der Waals surface area contributed by atoms with Crippen LogP contribution in [0.3, 0.4) is 0 Å². The van der Waals surface area contributed by atoms with Gasteiger partial charge in [-0.05, 0) is 24.6 Å². The first-order valence-electron chi connectivity index (χ1n) is 5.13. The van der Waals surface area contributed by atoms with Crippen molar-refractivity contribution >= 4 is 11.6 Å². The summed E-state index contributed by atoms with van der Waals surface area (Å²) in [7, 11) is 0. The molecule has 18 heavy (non-hydrogen) atoms. The molecule has 2 aromatic rings. The molecule has 5 heteroatoms. The minimum atomic E-state index is -0.627. The lowest BCUT2D eigenvalue weighted by atomic mass is 10.2. The van der Waals surface area contributed by atoms with Gasteiger partial charge < -0.3 is 0 Å². The molecular weight excluding hydrogens is 255 g/mol. The molecule has 0 N–H and O–H groups in total. The second kappa shape index (κ2) is 4.63. The summed E-state index contributed by atoms with van der Waals surface area (Å²) < 4.78 is 14.7. The summed E-state index contributed by atoms with van der Waals surface area (Å²) in [6, 6.07) is 7.60. The third-order valence-corrected chi connectivity index (χ3v) is 3.03. The quantitative estimate of drug-likeness (QED) is 0.793. The number of hydrogen-bond donors (Lipinski definition) is 0. The van der Waals surface area contributed by atoms with Crippen LogP contribution in [-0.2, 0) is 0 Å². The fourth-order valence-electron chi connectivity index (χ4n) is 1.64. The number of benzene rings is 1. The van der Waals surface area contributed by atoms with Crippen molar-refractivity contribution in [1.29, 1.82) is 5.26 Å². The molecule has 0 amide bonds. The topological polar surface area (TPSA) is 45.8 Å². The fraction of sp³-hybridized carbons (Fsp3) is 0.0769. The highest BCUT2D eigenvalue weighted by molar-refractivity contribution is 6.32. The van der Waals surface area contributed by atoms with Crippen LogP contribution in [0.4, 0.5) is 4.39 Å². The molecule has 2 rings (SSSR count). The van der Waals surface area contributed by atoms with E-state index in [9.17, 15) is 9.18 Å². The van der Waals surface area contributed by atoms with Gasteiger partial charge in [0.25, 0.3) is 5.56 Å². The molecule has 0 aliphatic rings. The minimum Gasteiger partial charge on any atom is -0.280 e. The molecule has 0 aliphatic carbocycles. The summed E-state index contributed by atoms with van der Waals surface area (Å²) >= 11 is 5.87. The Morgan fingerprint density at radius 2 is 2.06 bits per heavy atom. The number of aromatic nitrogens is 1. The van der Waals surface area contributed by atoms with E-state index in [1.54, 1.807) is 19.1 Å². The van der Waals surface area contributed by atoms with Crippen molar-refractivity contribution in [3.05, 3.63) is 62.8 Å². The average Bonchev–Trinajstić information content (AvgIpc) is 2.36. The molecule has 1 aromatic heterocycles. The fourth-order valence-corrected chi connectivity index (χ4v) is 1.82. The number of rotatable bonds is 1. The summed E-state index contributed by atoms with van der Waals surface area (Å²) in [4.78, 5) is 12.0. The standard InChI is InChI=1S/C13H8ClFN2O/c1-8-7-17(11-5-3-2-4-10(11)15)13(18)9(6-16)12(8)14/h2-5,7H,1H3. The number of halogens is 2. The number of para-hydroxylation sites is 1. The maximum atomic E-state index is 13.6. The van der Waals surface area contributed by atoms with Crippen molar-refractivity contribution < 1.29 is 4.39 Å². The molecule has 0 saturated carbocycles. The highest BCUT2D eigenvalue weighted by Gasteiger charge is 2.14. The molecule has 0 atom stereocenters. The maximum Gasteiger partial charge on any atom is 0.274 e. The number of hydrogen-bond acceptors (Lipinski definition) is 2. The van der Waals surface area contributed by atoms with E-state index in [0.717, 1.165) is 4.57 Å². The Labute approximate surface area is 108 Å². The van der Waals surface area contributed by atoms with Gasteiger partial charge in [0, 0.05) is 6.20 Å². The summed E-state index contributed by atoms with van der Waals surface area (Å²) in [6.45, 7) is 1.65. The van der Waals surface area contributed by atoms with Crippen molar-refractivity contribution in [3.63, 3.8) is 0 Å². The van der Waals surface area contributed by atoms with Gasteiger partial charge in [0.05, 0.1) is 10.7 Å². The van der Waals surface area contributed by atoms with E-state index in [1.807, 2.05) is 0 Å². The van der Waals surface area contributed by atoms with Crippen LogP contribution in [-0.4, -0.2) is 4.57 Å². The smallest absolute Gasteiger partial charge is 0.274 e. The zero-order chi connectivity index (χ0) is 13.3. The first-order chi connectivity index (χ1) is 8.56. The van der Waals surface area contributed by atoms with Crippen molar-refractivity contribution in [2.75, 3.05) is 0 Å². The second-order valence-corrected chi connectivity index (χ2v) is 4.12. The van der Waals surface area contributed by atoms with Gasteiger partial charge in [-0.3, -0.25) is 9.36 Å². The van der Waals surface area contributed by atoms with E-state index in [4.69, 9.17) is 16.9 Å². The summed E-state index contributed by atoms with van der Waals surface area (Å²) in [5, 5.41) is 9.03. The van der Waals surface area contributed by atoms with Gasteiger partial charge in [0.15, 0.2) is 0 Å². The van der Waals surface area contributed by atoms with Crippen molar-refractivity contribution in [1.82, 2.24) is 4.57 Å². The Kier molecular flexibility index (Phi) is 3.17. The third-order valence-electron chi connectivity index (χ3n) is 2.54. The predicted molar refractivity (Wildman–Crippen MR) is 66.5 cm³/mol. The van der Waals surface area contributed by atoms with E-state index < -0.39 is 11.4 Å². The molecule has 1 heterocycles. The van der Waals surface area contributed by atoms with Crippen molar-refractivity contribution in [2.45, 2.75) is 6.92 Å². The Balaban J connectivity index is 2.83. The second-order valence-electron chi connectivity index (χ2n) is 3.74. The third kappa shape index (κ3) is 1.89. The van der Waals surface area contributed by atoms with E-state index in [-0.39, 0.29) is 16.3 Å². The molecule has 0 bridgehead atoms. The molecular formula is C13H8ClFN2O. The first kappa shape index (κ1) is 12.3. The zero-order valence-electron chi connectivity index (χ0n) is 9.45. The van der Waals surface area contributed by atoms with Crippen LogP contribution in [0.25, 0.3) is 5.69 Å². The van der Waals surface area contributed by atoms with E-state index in [0.29, 0.717) is 5.56 Å². The molecule has 90 valence electrons. The Morgan fingerprint density at radius 3 is 2.67 bits per heavy atom. The zero-order valence-corrected chi connectivity index (χ0v) is 10.2. The summed E-state index contributed by atoms with van der Waals surface area (Å²) in [5.41, 5.74) is -0.173. The highest BCUT2D eigenvalue weighted by Crippen LogP contribution is 2.19. The molecule has 0 fully saturated rings. The van der Waals surface area contributed by atoms with E-state index in [2.05, 4.69) is 0 Å². The molecule has 0 saturated heterocycles. The highest BCUT2D eigenvalue weighted by atomic mass is 35.5. The Bertz CT molecular complexity index is 716. The minimum absolute atomic E-state index is 0.0961. The molecule has 0 spiro atoms. The van der Waals surface area contributed by atoms with Crippen LogP contribution in [0.15, 0.2) is 35.3 Å². The van der Waals surface area contributed by atoms with Gasteiger partial charge in [-0.2, -0.15) is 5.26 Å². The maximum absolute atomic E-state index is 13.6. The summed E-state index contributed by atoms with van der Waals surface area (Å²) in [5.74, 6) is -0.537. The number of pyridine rings is 1. The van der Waals surface area contributed by atoms with Crippen LogP contribution in [0, 0.1) is 24.1 Å². The number of nitrogens with zero attached hydrogens (tertiary/aromatic N) is 2. The molecule has 3 nitrogen and oxygen atoms in total. The SMILES string of the molecule is Cc1cn(-c2ccccc2F)c(=O)c(C#N)c1Cl. The van der Waals surface area contributed by atoms with Crippen molar-refractivity contribution in [3.8, 4) is 11.8 Å². The van der Waals surface area contributed by atoms with E-state index in [1.165, 1.54) is 24.4 Å². The lowest BCUT2D eigenvalue weighted by molar-refractivity contribution is 0.616. The van der Waals surface area contributed by atoms with Gasteiger partial charge in [-0.15, -0.1) is 0 Å². The van der Waals surface area contributed by atoms with Crippen LogP contribution in [0.5, 0.6) is 0 Å². The normalized spacial score (nSPS) is 10.1. The monoisotopic (exact) mass is 262 g/mol. The van der Waals surface area contributed by atoms with Gasteiger partial charge in [0.2, 0.25) is 0 Å². The van der Waals surface area contributed by atoms with Gasteiger partial charge in [-0.25, -0.2) is 4.39 Å². The molecule has 0 aliphatic heterocycles. The van der Waals surface area contributed by atoms with Gasteiger partial charge in [-0.1, -0.05) is 23.7 Å². The van der Waals surface area contributed by atoms with Gasteiger partial charge >= 0.3 is 0 Å². The lowest BCUT2D eigenvalue weighted by Crippen LogP contribution is -2.22. The van der Waals surface area contributed by atoms with Crippen molar-refractivity contribution in [2.24, 2.45) is 0 Å². The van der Waals surface area contributed by atoms with Gasteiger partial charge in [0.1, 0.15) is 17.4 Å². The Morgan fingerprint density at radius 1 is 1.39 bits per heavy atom. The Hall–Kier alpha value is -2.12. The number of aryl methyl sites for hydroxylation is 1. The average molecular weight is 263 g/mol. The van der Waals surface area contributed by atoms with Crippen LogP contribution in [0.2, 0.25) is 5.02 Å². The molecule has 0 radical (unpaired) electrons. The largest absolute Gasteiger partial charge is 0.280 e. The predicted octanol–water partition coefficient (Wildman–Crippen LogP) is 2.81. The summed E-state index contributed by atoms with van der Waals surface area (Å²) in [6.07, 6.45) is 1.42. The van der Waals surface area contributed by atoms with Crippen LogP contribution >= 0.6 is 11.6 Å². The van der Waals surface area contributed by atoms with E-state index >= 15 is 0 Å². The lowest BCUT2D eigenvalue weighted by Gasteiger charge is -2.09. The van der Waals surface area contributed by atoms with Crippen LogP contribution < -0.4 is 5.56 Å². The first-order valence-corrected chi connectivity index (χ1v) is 5.51. The van der Waals surface area contributed by atoms with Crippen LogP contribution in [0.1, 0.15) is 11.1 Å². The number of nitriles is 1. The molecule has 0 unspecified atom stereocenters. The molecule has 1 aromatic carbocycles.